The van der Waals surface area contributed by atoms with Crippen molar-refractivity contribution >= 4 is 33.4 Å². The Bertz CT molecular complexity index is 835. The van der Waals surface area contributed by atoms with Crippen molar-refractivity contribution in [2.45, 2.75) is 28.5 Å². The van der Waals surface area contributed by atoms with E-state index in [1.807, 2.05) is 12.1 Å². The summed E-state index contributed by atoms with van der Waals surface area (Å²) in [6, 6.07) is 8.84. The van der Waals surface area contributed by atoms with Crippen LogP contribution in [0.15, 0.2) is 46.5 Å². The van der Waals surface area contributed by atoms with Crippen molar-refractivity contribution in [3.63, 3.8) is 0 Å². The molecule has 25 heavy (non-hydrogen) atoms. The van der Waals surface area contributed by atoms with Gasteiger partial charge in [-0.1, -0.05) is 11.6 Å². The Morgan fingerprint density at radius 1 is 1.24 bits per heavy atom. The summed E-state index contributed by atoms with van der Waals surface area (Å²) in [4.78, 5) is 4.54. The SMILES string of the molecule is COc1ccc(Cl)cc1CSc1ccc(S(=O)(=O)N2CCCC2)cn1. The van der Waals surface area contributed by atoms with E-state index in [9.17, 15) is 8.42 Å². The molecule has 1 aromatic heterocycles. The number of aromatic nitrogens is 1. The van der Waals surface area contributed by atoms with E-state index in [1.54, 1.807) is 25.3 Å². The maximum atomic E-state index is 12.5. The number of rotatable bonds is 6. The molecule has 0 aliphatic carbocycles. The van der Waals surface area contributed by atoms with Gasteiger partial charge in [0.25, 0.3) is 0 Å². The van der Waals surface area contributed by atoms with Crippen LogP contribution in [0.25, 0.3) is 0 Å². The predicted molar refractivity (Wildman–Crippen MR) is 99.8 cm³/mol. The van der Waals surface area contributed by atoms with Crippen LogP contribution in [0.1, 0.15) is 18.4 Å². The summed E-state index contributed by atoms with van der Waals surface area (Å²) in [7, 11) is -1.80. The molecule has 1 fully saturated rings. The molecule has 5 nitrogen and oxygen atoms in total. The zero-order chi connectivity index (χ0) is 17.9. The van der Waals surface area contributed by atoms with E-state index >= 15 is 0 Å². The van der Waals surface area contributed by atoms with Crippen molar-refractivity contribution in [3.8, 4) is 5.75 Å². The molecule has 1 aliphatic rings. The molecule has 0 bridgehead atoms. The summed E-state index contributed by atoms with van der Waals surface area (Å²) in [5.74, 6) is 1.40. The van der Waals surface area contributed by atoms with Gasteiger partial charge in [-0.25, -0.2) is 13.4 Å². The molecule has 0 radical (unpaired) electrons. The lowest BCUT2D eigenvalue weighted by molar-refractivity contribution is 0.411. The highest BCUT2D eigenvalue weighted by atomic mass is 35.5. The normalized spacial score (nSPS) is 15.4. The van der Waals surface area contributed by atoms with Gasteiger partial charge in [-0.3, -0.25) is 0 Å². The van der Waals surface area contributed by atoms with Crippen molar-refractivity contribution in [2.24, 2.45) is 0 Å². The number of benzene rings is 1. The first-order valence-corrected chi connectivity index (χ1v) is 10.7. The van der Waals surface area contributed by atoms with Crippen LogP contribution in [-0.4, -0.2) is 37.9 Å². The molecule has 2 aromatic rings. The summed E-state index contributed by atoms with van der Waals surface area (Å²) >= 11 is 7.54. The standard InChI is InChI=1S/C17H19ClN2O3S2/c1-23-16-6-4-14(18)10-13(16)12-24-17-7-5-15(11-19-17)25(21,22)20-8-2-3-9-20/h4-7,10-11H,2-3,8-9,12H2,1H3. The average Bonchev–Trinajstić information content (AvgIpc) is 3.16. The maximum absolute atomic E-state index is 12.5. The van der Waals surface area contributed by atoms with E-state index in [1.165, 1.54) is 22.3 Å². The Hall–Kier alpha value is -1.28. The number of pyridine rings is 1. The van der Waals surface area contributed by atoms with E-state index in [-0.39, 0.29) is 4.90 Å². The molecule has 0 atom stereocenters. The summed E-state index contributed by atoms with van der Waals surface area (Å²) in [6.45, 7) is 1.18. The number of methoxy groups -OCH3 is 1. The first kappa shape index (κ1) is 18.5. The molecule has 0 saturated carbocycles. The largest absolute Gasteiger partial charge is 0.496 e. The lowest BCUT2D eigenvalue weighted by Crippen LogP contribution is -2.27. The molecule has 1 aromatic carbocycles. The molecule has 1 saturated heterocycles. The van der Waals surface area contributed by atoms with Crippen LogP contribution in [0.2, 0.25) is 5.02 Å². The third kappa shape index (κ3) is 4.28. The second kappa shape index (κ2) is 7.95. The Morgan fingerprint density at radius 3 is 2.64 bits per heavy atom. The molecule has 1 aliphatic heterocycles. The van der Waals surface area contributed by atoms with Gasteiger partial charge in [-0.2, -0.15) is 4.31 Å². The fourth-order valence-electron chi connectivity index (χ4n) is 2.69. The van der Waals surface area contributed by atoms with Crippen LogP contribution in [0.5, 0.6) is 5.75 Å². The first-order valence-electron chi connectivity index (χ1n) is 7.92. The van der Waals surface area contributed by atoms with Crippen LogP contribution in [0.3, 0.4) is 0 Å². The molecule has 0 unspecified atom stereocenters. The van der Waals surface area contributed by atoms with Gasteiger partial charge in [-0.15, -0.1) is 11.8 Å². The van der Waals surface area contributed by atoms with E-state index in [0.29, 0.717) is 23.9 Å². The third-order valence-electron chi connectivity index (χ3n) is 4.03. The van der Waals surface area contributed by atoms with Gasteiger partial charge in [0.15, 0.2) is 0 Å². The number of sulfonamides is 1. The summed E-state index contributed by atoms with van der Waals surface area (Å²) in [6.07, 6.45) is 3.27. The van der Waals surface area contributed by atoms with Crippen molar-refractivity contribution in [1.82, 2.24) is 9.29 Å². The van der Waals surface area contributed by atoms with Gasteiger partial charge in [-0.05, 0) is 43.2 Å². The zero-order valence-corrected chi connectivity index (χ0v) is 16.2. The minimum absolute atomic E-state index is 0.249. The fraction of sp³-hybridized carbons (Fsp3) is 0.353. The Labute approximate surface area is 157 Å². The summed E-state index contributed by atoms with van der Waals surface area (Å²) < 4.78 is 31.8. The topological polar surface area (TPSA) is 59.5 Å². The smallest absolute Gasteiger partial charge is 0.244 e. The molecule has 0 N–H and O–H groups in total. The molecule has 0 spiro atoms. The van der Waals surface area contributed by atoms with Gasteiger partial charge in [0.05, 0.1) is 12.1 Å². The van der Waals surface area contributed by atoms with Crippen LogP contribution in [0, 0.1) is 0 Å². The first-order chi connectivity index (χ1) is 12.0. The molecule has 134 valence electrons. The summed E-state index contributed by atoms with van der Waals surface area (Å²) in [5, 5.41) is 1.40. The predicted octanol–water partition coefficient (Wildman–Crippen LogP) is 3.82. The summed E-state index contributed by atoms with van der Waals surface area (Å²) in [5.41, 5.74) is 0.968. The fourth-order valence-corrected chi connectivity index (χ4v) is 5.17. The van der Waals surface area contributed by atoms with Crippen LogP contribution >= 0.6 is 23.4 Å². The van der Waals surface area contributed by atoms with Crippen molar-refractivity contribution < 1.29 is 13.2 Å². The van der Waals surface area contributed by atoms with E-state index in [0.717, 1.165) is 29.2 Å². The Morgan fingerprint density at radius 2 is 2.00 bits per heavy atom. The van der Waals surface area contributed by atoms with Crippen LogP contribution < -0.4 is 4.74 Å². The highest BCUT2D eigenvalue weighted by Gasteiger charge is 2.27. The number of hydrogen-bond donors (Lipinski definition) is 0. The van der Waals surface area contributed by atoms with Crippen molar-refractivity contribution in [3.05, 3.63) is 47.1 Å². The van der Waals surface area contributed by atoms with Gasteiger partial charge in [0.2, 0.25) is 10.0 Å². The van der Waals surface area contributed by atoms with Crippen molar-refractivity contribution in [2.75, 3.05) is 20.2 Å². The van der Waals surface area contributed by atoms with Crippen molar-refractivity contribution in [1.29, 1.82) is 0 Å². The van der Waals surface area contributed by atoms with Crippen LogP contribution in [0.4, 0.5) is 0 Å². The van der Waals surface area contributed by atoms with Crippen LogP contribution in [-0.2, 0) is 15.8 Å². The minimum atomic E-state index is -3.41. The average molecular weight is 399 g/mol. The molecule has 3 rings (SSSR count). The monoisotopic (exact) mass is 398 g/mol. The Kier molecular flexibility index (Phi) is 5.89. The van der Waals surface area contributed by atoms with Gasteiger partial charge in [0.1, 0.15) is 10.6 Å². The minimum Gasteiger partial charge on any atom is -0.496 e. The second-order valence-electron chi connectivity index (χ2n) is 5.69. The third-order valence-corrected chi connectivity index (χ3v) is 7.14. The number of ether oxygens (including phenoxy) is 1. The lowest BCUT2D eigenvalue weighted by Gasteiger charge is -2.15. The molecule has 0 amide bonds. The zero-order valence-electron chi connectivity index (χ0n) is 13.8. The van der Waals surface area contributed by atoms with E-state index in [2.05, 4.69) is 4.98 Å². The molecular formula is C17H19ClN2O3S2. The number of hydrogen-bond acceptors (Lipinski definition) is 5. The number of nitrogens with zero attached hydrogens (tertiary/aromatic N) is 2. The molecular weight excluding hydrogens is 380 g/mol. The quantitative estimate of drug-likeness (QED) is 0.692. The highest BCUT2D eigenvalue weighted by molar-refractivity contribution is 7.98. The Balaban J connectivity index is 1.70. The molecule has 8 heteroatoms. The second-order valence-corrected chi connectivity index (χ2v) is 9.06. The lowest BCUT2D eigenvalue weighted by atomic mass is 10.2. The number of thioether (sulfide) groups is 1. The number of halogens is 1. The van der Waals surface area contributed by atoms with Gasteiger partial charge in [0, 0.05) is 35.6 Å². The molecule has 2 heterocycles. The maximum Gasteiger partial charge on any atom is 0.244 e. The van der Waals surface area contributed by atoms with Gasteiger partial charge >= 0.3 is 0 Å². The highest BCUT2D eigenvalue weighted by Crippen LogP contribution is 2.30. The van der Waals surface area contributed by atoms with Gasteiger partial charge < -0.3 is 4.74 Å². The van der Waals surface area contributed by atoms with E-state index in [4.69, 9.17) is 16.3 Å². The van der Waals surface area contributed by atoms with E-state index < -0.39 is 10.0 Å².